The molecule has 1 aliphatic rings. The first-order chi connectivity index (χ1) is 10.6. The molecule has 5 heteroatoms. The zero-order chi connectivity index (χ0) is 15.9. The van der Waals surface area contributed by atoms with Crippen molar-refractivity contribution in [2.24, 2.45) is 0 Å². The van der Waals surface area contributed by atoms with E-state index in [-0.39, 0.29) is 24.4 Å². The fourth-order valence-corrected chi connectivity index (χ4v) is 2.98. The van der Waals surface area contributed by atoms with Gasteiger partial charge in [-0.3, -0.25) is 9.69 Å². The summed E-state index contributed by atoms with van der Waals surface area (Å²) < 4.78 is 5.89. The third kappa shape index (κ3) is 5.70. The van der Waals surface area contributed by atoms with E-state index in [1.165, 1.54) is 12.8 Å². The number of carbonyl (C=O) groups excluding carboxylic acids is 1. The Morgan fingerprint density at radius 1 is 1.30 bits per heavy atom. The number of likely N-dealkylation sites (tertiary alicyclic amines) is 1. The Morgan fingerprint density at radius 3 is 2.57 bits per heavy atom. The van der Waals surface area contributed by atoms with Crippen LogP contribution >= 0.6 is 12.4 Å². The number of amides is 1. The van der Waals surface area contributed by atoms with Gasteiger partial charge in [0, 0.05) is 6.54 Å². The first-order valence-corrected chi connectivity index (χ1v) is 8.32. The minimum absolute atomic E-state index is 0. The first kappa shape index (κ1) is 19.8. The number of aryl methyl sites for hydroxylation is 1. The van der Waals surface area contributed by atoms with Crippen LogP contribution in [0.2, 0.25) is 0 Å². The molecule has 1 aliphatic heterocycles. The van der Waals surface area contributed by atoms with Gasteiger partial charge in [0.2, 0.25) is 5.91 Å². The van der Waals surface area contributed by atoms with E-state index in [1.54, 1.807) is 0 Å². The molecule has 1 aromatic carbocycles. The second kappa shape index (κ2) is 9.78. The molecule has 0 spiro atoms. The minimum atomic E-state index is 0. The summed E-state index contributed by atoms with van der Waals surface area (Å²) in [6.45, 7) is 10.0. The second-order valence-corrected chi connectivity index (χ2v) is 6.09. The van der Waals surface area contributed by atoms with Crippen LogP contribution in [0.15, 0.2) is 24.3 Å². The molecular formula is C18H29ClN2O2. The van der Waals surface area contributed by atoms with E-state index in [9.17, 15) is 4.79 Å². The number of para-hydroxylation sites is 1. The summed E-state index contributed by atoms with van der Waals surface area (Å²) in [4.78, 5) is 16.7. The summed E-state index contributed by atoms with van der Waals surface area (Å²) in [5, 5.41) is 0. The molecule has 1 heterocycles. The van der Waals surface area contributed by atoms with Crippen molar-refractivity contribution in [2.75, 3.05) is 32.8 Å². The lowest BCUT2D eigenvalue weighted by Gasteiger charge is -2.30. The molecule has 130 valence electrons. The number of carbonyl (C=O) groups is 1. The SMILES string of the molecule is CCN(C(=O)CN1CCCC1)C(C)COc1ccccc1C.Cl. The van der Waals surface area contributed by atoms with Crippen molar-refractivity contribution in [1.82, 2.24) is 9.80 Å². The molecule has 4 nitrogen and oxygen atoms in total. The van der Waals surface area contributed by atoms with Gasteiger partial charge in [-0.2, -0.15) is 0 Å². The molecule has 0 bridgehead atoms. The van der Waals surface area contributed by atoms with Gasteiger partial charge in [-0.1, -0.05) is 18.2 Å². The Bertz CT molecular complexity index is 490. The zero-order valence-electron chi connectivity index (χ0n) is 14.5. The normalized spacial score (nSPS) is 15.8. The van der Waals surface area contributed by atoms with Crippen LogP contribution in [0.25, 0.3) is 0 Å². The van der Waals surface area contributed by atoms with Crippen LogP contribution in [0.4, 0.5) is 0 Å². The number of nitrogens with zero attached hydrogens (tertiary/aromatic N) is 2. The largest absolute Gasteiger partial charge is 0.491 e. The second-order valence-electron chi connectivity index (χ2n) is 6.09. The van der Waals surface area contributed by atoms with Crippen molar-refractivity contribution < 1.29 is 9.53 Å². The molecule has 0 N–H and O–H groups in total. The smallest absolute Gasteiger partial charge is 0.237 e. The Morgan fingerprint density at radius 2 is 1.96 bits per heavy atom. The highest BCUT2D eigenvalue weighted by Crippen LogP contribution is 2.17. The van der Waals surface area contributed by atoms with Crippen LogP contribution in [0.1, 0.15) is 32.3 Å². The number of likely N-dealkylation sites (N-methyl/N-ethyl adjacent to an activating group) is 1. The average molecular weight is 341 g/mol. The zero-order valence-corrected chi connectivity index (χ0v) is 15.3. The Balaban J connectivity index is 0.00000264. The Kier molecular flexibility index (Phi) is 8.42. The lowest BCUT2D eigenvalue weighted by molar-refractivity contribution is -0.134. The number of benzene rings is 1. The van der Waals surface area contributed by atoms with Crippen LogP contribution < -0.4 is 4.74 Å². The first-order valence-electron chi connectivity index (χ1n) is 8.32. The lowest BCUT2D eigenvalue weighted by Crippen LogP contribution is -2.46. The van der Waals surface area contributed by atoms with Gasteiger partial charge in [0.05, 0.1) is 12.6 Å². The molecule has 2 rings (SSSR count). The molecule has 0 aromatic heterocycles. The maximum Gasteiger partial charge on any atom is 0.237 e. The van der Waals surface area contributed by atoms with E-state index in [1.807, 2.05) is 43.0 Å². The predicted molar refractivity (Wildman–Crippen MR) is 96.4 cm³/mol. The van der Waals surface area contributed by atoms with Crippen molar-refractivity contribution >= 4 is 18.3 Å². The summed E-state index contributed by atoms with van der Waals surface area (Å²) in [5.74, 6) is 1.11. The van der Waals surface area contributed by atoms with Gasteiger partial charge in [-0.25, -0.2) is 0 Å². The van der Waals surface area contributed by atoms with E-state index >= 15 is 0 Å². The third-order valence-electron chi connectivity index (χ3n) is 4.32. The molecule has 23 heavy (non-hydrogen) atoms. The maximum absolute atomic E-state index is 12.5. The van der Waals surface area contributed by atoms with Crippen LogP contribution in [0.5, 0.6) is 5.75 Å². The molecule has 1 amide bonds. The molecule has 1 saturated heterocycles. The number of ether oxygens (including phenoxy) is 1. The number of hydrogen-bond acceptors (Lipinski definition) is 3. The molecule has 1 unspecified atom stereocenters. The molecule has 0 saturated carbocycles. The van der Waals surface area contributed by atoms with E-state index in [0.717, 1.165) is 30.9 Å². The lowest BCUT2D eigenvalue weighted by atomic mass is 10.2. The van der Waals surface area contributed by atoms with Crippen LogP contribution in [-0.2, 0) is 4.79 Å². The van der Waals surface area contributed by atoms with Crippen molar-refractivity contribution in [3.8, 4) is 5.75 Å². The highest BCUT2D eigenvalue weighted by atomic mass is 35.5. The quantitative estimate of drug-likeness (QED) is 0.764. The molecule has 1 fully saturated rings. The number of halogens is 1. The molecule has 0 radical (unpaired) electrons. The summed E-state index contributed by atoms with van der Waals surface area (Å²) in [7, 11) is 0. The Labute approximate surface area is 146 Å². The fraction of sp³-hybridized carbons (Fsp3) is 0.611. The number of rotatable bonds is 7. The van der Waals surface area contributed by atoms with E-state index in [2.05, 4.69) is 11.8 Å². The summed E-state index contributed by atoms with van der Waals surface area (Å²) in [6, 6.07) is 8.08. The fourth-order valence-electron chi connectivity index (χ4n) is 2.98. The van der Waals surface area contributed by atoms with E-state index in [0.29, 0.717) is 13.2 Å². The van der Waals surface area contributed by atoms with Gasteiger partial charge in [0.15, 0.2) is 0 Å². The summed E-state index contributed by atoms with van der Waals surface area (Å²) in [6.07, 6.45) is 2.43. The van der Waals surface area contributed by atoms with Gasteiger partial charge in [-0.15, -0.1) is 12.4 Å². The minimum Gasteiger partial charge on any atom is -0.491 e. The van der Waals surface area contributed by atoms with Gasteiger partial charge in [-0.05, 0) is 58.3 Å². The van der Waals surface area contributed by atoms with Crippen molar-refractivity contribution in [1.29, 1.82) is 0 Å². The van der Waals surface area contributed by atoms with Crippen LogP contribution in [0.3, 0.4) is 0 Å². The van der Waals surface area contributed by atoms with Gasteiger partial charge in [0.25, 0.3) is 0 Å². The average Bonchev–Trinajstić information content (AvgIpc) is 3.00. The molecule has 0 aliphatic carbocycles. The van der Waals surface area contributed by atoms with Crippen LogP contribution in [-0.4, -0.2) is 54.5 Å². The van der Waals surface area contributed by atoms with Gasteiger partial charge >= 0.3 is 0 Å². The summed E-state index contributed by atoms with van der Waals surface area (Å²) in [5.41, 5.74) is 1.13. The predicted octanol–water partition coefficient (Wildman–Crippen LogP) is 3.13. The van der Waals surface area contributed by atoms with E-state index in [4.69, 9.17) is 4.74 Å². The van der Waals surface area contributed by atoms with Gasteiger partial charge in [0.1, 0.15) is 12.4 Å². The maximum atomic E-state index is 12.5. The molecule has 1 atom stereocenters. The van der Waals surface area contributed by atoms with Gasteiger partial charge < -0.3 is 9.64 Å². The monoisotopic (exact) mass is 340 g/mol. The highest BCUT2D eigenvalue weighted by Gasteiger charge is 2.22. The summed E-state index contributed by atoms with van der Waals surface area (Å²) >= 11 is 0. The van der Waals surface area contributed by atoms with Crippen molar-refractivity contribution in [3.05, 3.63) is 29.8 Å². The van der Waals surface area contributed by atoms with Crippen molar-refractivity contribution in [3.63, 3.8) is 0 Å². The number of hydrogen-bond donors (Lipinski definition) is 0. The Hall–Kier alpha value is -1.26. The highest BCUT2D eigenvalue weighted by molar-refractivity contribution is 5.85. The van der Waals surface area contributed by atoms with Crippen LogP contribution in [0, 0.1) is 6.92 Å². The molecular weight excluding hydrogens is 312 g/mol. The topological polar surface area (TPSA) is 32.8 Å². The third-order valence-corrected chi connectivity index (χ3v) is 4.32. The van der Waals surface area contributed by atoms with Crippen molar-refractivity contribution in [2.45, 2.75) is 39.7 Å². The standard InChI is InChI=1S/C18H28N2O2.ClH/c1-4-20(18(21)13-19-11-7-8-12-19)16(3)14-22-17-10-6-5-9-15(17)2;/h5-6,9-10,16H,4,7-8,11-14H2,1-3H3;1H. The molecule has 1 aromatic rings. The van der Waals surface area contributed by atoms with E-state index < -0.39 is 0 Å².